The van der Waals surface area contributed by atoms with Crippen LogP contribution in [0.3, 0.4) is 0 Å². The van der Waals surface area contributed by atoms with Crippen molar-refractivity contribution in [3.63, 3.8) is 0 Å². The molecule has 0 bridgehead atoms. The van der Waals surface area contributed by atoms with Crippen LogP contribution in [0, 0.1) is 11.3 Å². The van der Waals surface area contributed by atoms with Crippen LogP contribution in [0.25, 0.3) is 0 Å². The molecule has 0 saturated carbocycles. The summed E-state index contributed by atoms with van der Waals surface area (Å²) in [5.74, 6) is 0.617. The number of hydrogen-bond acceptors (Lipinski definition) is 3. The molecule has 3 nitrogen and oxygen atoms in total. The van der Waals surface area contributed by atoms with Gasteiger partial charge in [-0.25, -0.2) is 0 Å². The lowest BCUT2D eigenvalue weighted by Crippen LogP contribution is -2.16. The number of allylic oxidation sites excluding steroid dienone is 1. The molecule has 0 saturated heterocycles. The van der Waals surface area contributed by atoms with Crippen molar-refractivity contribution in [3.05, 3.63) is 22.0 Å². The molecule has 0 aromatic carbocycles. The van der Waals surface area contributed by atoms with Gasteiger partial charge in [-0.05, 0) is 15.9 Å². The lowest BCUT2D eigenvalue weighted by Gasteiger charge is -2.13. The van der Waals surface area contributed by atoms with E-state index < -0.39 is 0 Å². The van der Waals surface area contributed by atoms with Crippen LogP contribution in [0.4, 0.5) is 0 Å². The van der Waals surface area contributed by atoms with Crippen molar-refractivity contribution >= 4 is 15.9 Å². The normalized spacial score (nSPS) is 16.6. The Morgan fingerprint density at radius 2 is 2.55 bits per heavy atom. The average molecular weight is 215 g/mol. The number of dihydropyridines is 1. The fraction of sp³-hybridized carbons (Fsp3) is 0.286. The first-order valence-corrected chi connectivity index (χ1v) is 3.85. The van der Waals surface area contributed by atoms with Gasteiger partial charge in [-0.3, -0.25) is 0 Å². The fourth-order valence-corrected chi connectivity index (χ4v) is 1.41. The summed E-state index contributed by atoms with van der Waals surface area (Å²) in [7, 11) is 1.55. The van der Waals surface area contributed by atoms with E-state index in [0.717, 1.165) is 4.48 Å². The zero-order valence-electron chi connectivity index (χ0n) is 6.02. The van der Waals surface area contributed by atoms with Gasteiger partial charge in [0.2, 0.25) is 0 Å². The second-order valence-corrected chi connectivity index (χ2v) is 2.85. The molecule has 58 valence electrons. The van der Waals surface area contributed by atoms with Gasteiger partial charge in [0.25, 0.3) is 0 Å². The Bertz CT molecular complexity index is 262. The molecule has 0 aromatic heterocycles. The molecule has 0 aliphatic carbocycles. The highest BCUT2D eigenvalue weighted by molar-refractivity contribution is 9.11. The standard InChI is InChI=1S/C7H7BrN2O/c1-11-7-5(2-9)3-10-4-6(7)8/h4,10H,3H2,1H3. The van der Waals surface area contributed by atoms with Crippen molar-refractivity contribution in [2.45, 2.75) is 0 Å². The van der Waals surface area contributed by atoms with E-state index in [-0.39, 0.29) is 0 Å². The van der Waals surface area contributed by atoms with Crippen LogP contribution < -0.4 is 5.32 Å². The van der Waals surface area contributed by atoms with E-state index in [2.05, 4.69) is 27.3 Å². The van der Waals surface area contributed by atoms with Crippen molar-refractivity contribution in [1.82, 2.24) is 5.32 Å². The number of nitrogens with zero attached hydrogens (tertiary/aromatic N) is 1. The number of nitriles is 1. The summed E-state index contributed by atoms with van der Waals surface area (Å²) in [6.07, 6.45) is 1.76. The maximum atomic E-state index is 8.63. The minimum atomic E-state index is 0.536. The quantitative estimate of drug-likeness (QED) is 0.715. The Hall–Kier alpha value is -0.950. The Kier molecular flexibility index (Phi) is 2.55. The van der Waals surface area contributed by atoms with Gasteiger partial charge in [-0.2, -0.15) is 5.26 Å². The van der Waals surface area contributed by atoms with Crippen LogP contribution in [-0.2, 0) is 4.74 Å². The Labute approximate surface area is 73.5 Å². The minimum Gasteiger partial charge on any atom is -0.494 e. The third-order valence-electron chi connectivity index (χ3n) is 1.34. The first-order chi connectivity index (χ1) is 5.29. The van der Waals surface area contributed by atoms with Crippen LogP contribution in [0.15, 0.2) is 22.0 Å². The summed E-state index contributed by atoms with van der Waals surface area (Å²) >= 11 is 3.26. The zero-order chi connectivity index (χ0) is 8.27. The Morgan fingerprint density at radius 1 is 1.82 bits per heavy atom. The molecule has 0 unspecified atom stereocenters. The molecule has 0 fully saturated rings. The zero-order valence-corrected chi connectivity index (χ0v) is 7.60. The number of ether oxygens (including phenoxy) is 1. The second kappa shape index (κ2) is 3.44. The van der Waals surface area contributed by atoms with Crippen molar-refractivity contribution < 1.29 is 4.74 Å². The highest BCUT2D eigenvalue weighted by atomic mass is 79.9. The summed E-state index contributed by atoms with van der Waals surface area (Å²) in [6, 6.07) is 2.06. The third-order valence-corrected chi connectivity index (χ3v) is 1.93. The lowest BCUT2D eigenvalue weighted by molar-refractivity contribution is 0.299. The first kappa shape index (κ1) is 8.15. The topological polar surface area (TPSA) is 45.0 Å². The highest BCUT2D eigenvalue weighted by Crippen LogP contribution is 2.22. The molecule has 1 aliphatic rings. The van der Waals surface area contributed by atoms with Gasteiger partial charge in [-0.15, -0.1) is 0 Å². The molecule has 0 spiro atoms. The molecule has 0 atom stereocenters. The van der Waals surface area contributed by atoms with Crippen LogP contribution >= 0.6 is 15.9 Å². The van der Waals surface area contributed by atoms with E-state index in [1.807, 2.05) is 0 Å². The van der Waals surface area contributed by atoms with Gasteiger partial charge in [0.1, 0.15) is 11.8 Å². The van der Waals surface area contributed by atoms with Gasteiger partial charge in [0.05, 0.1) is 23.7 Å². The molecule has 1 rings (SSSR count). The van der Waals surface area contributed by atoms with E-state index in [4.69, 9.17) is 10.00 Å². The highest BCUT2D eigenvalue weighted by Gasteiger charge is 2.13. The summed E-state index contributed by atoms with van der Waals surface area (Å²) in [5, 5.41) is 11.6. The van der Waals surface area contributed by atoms with Crippen molar-refractivity contribution in [2.24, 2.45) is 0 Å². The maximum absolute atomic E-state index is 8.63. The molecule has 0 amide bonds. The molecule has 0 aromatic rings. The van der Waals surface area contributed by atoms with Gasteiger partial charge in [0, 0.05) is 6.20 Å². The predicted octanol–water partition coefficient (Wildman–Crippen LogP) is 1.25. The summed E-state index contributed by atoms with van der Waals surface area (Å²) in [5.41, 5.74) is 0.613. The van der Waals surface area contributed by atoms with Crippen LogP contribution in [0.5, 0.6) is 0 Å². The lowest BCUT2D eigenvalue weighted by atomic mass is 10.2. The van der Waals surface area contributed by atoms with E-state index in [9.17, 15) is 0 Å². The summed E-state index contributed by atoms with van der Waals surface area (Å²) in [6.45, 7) is 0.536. The second-order valence-electron chi connectivity index (χ2n) is 2.00. The average Bonchev–Trinajstić information content (AvgIpc) is 2.04. The molecular weight excluding hydrogens is 208 g/mol. The predicted molar refractivity (Wildman–Crippen MR) is 44.7 cm³/mol. The fourth-order valence-electron chi connectivity index (χ4n) is 0.844. The van der Waals surface area contributed by atoms with Crippen LogP contribution in [-0.4, -0.2) is 13.7 Å². The molecule has 4 heteroatoms. The number of methoxy groups -OCH3 is 1. The molecular formula is C7H7BrN2O. The molecule has 1 heterocycles. The number of halogens is 1. The van der Waals surface area contributed by atoms with Crippen LogP contribution in [0.2, 0.25) is 0 Å². The van der Waals surface area contributed by atoms with Crippen LogP contribution in [0.1, 0.15) is 0 Å². The maximum Gasteiger partial charge on any atom is 0.149 e. The molecule has 11 heavy (non-hydrogen) atoms. The van der Waals surface area contributed by atoms with Gasteiger partial charge < -0.3 is 10.1 Å². The van der Waals surface area contributed by atoms with Gasteiger partial charge >= 0.3 is 0 Å². The van der Waals surface area contributed by atoms with E-state index >= 15 is 0 Å². The van der Waals surface area contributed by atoms with E-state index in [0.29, 0.717) is 17.9 Å². The van der Waals surface area contributed by atoms with Crippen molar-refractivity contribution in [3.8, 4) is 6.07 Å². The Morgan fingerprint density at radius 3 is 3.00 bits per heavy atom. The summed E-state index contributed by atoms with van der Waals surface area (Å²) < 4.78 is 5.79. The minimum absolute atomic E-state index is 0.536. The SMILES string of the molecule is COC1=C(C#N)CNC=C1Br. The Balaban J connectivity index is 3.00. The molecule has 1 N–H and O–H groups in total. The van der Waals surface area contributed by atoms with Gasteiger partial charge in [0.15, 0.2) is 0 Å². The van der Waals surface area contributed by atoms with E-state index in [1.165, 1.54) is 0 Å². The third kappa shape index (κ3) is 1.55. The smallest absolute Gasteiger partial charge is 0.149 e. The first-order valence-electron chi connectivity index (χ1n) is 3.06. The molecule has 0 radical (unpaired) electrons. The van der Waals surface area contributed by atoms with E-state index in [1.54, 1.807) is 13.3 Å². The molecule has 1 aliphatic heterocycles. The monoisotopic (exact) mass is 214 g/mol. The van der Waals surface area contributed by atoms with Crippen molar-refractivity contribution in [1.29, 1.82) is 5.26 Å². The summed E-state index contributed by atoms with van der Waals surface area (Å²) in [4.78, 5) is 0. The van der Waals surface area contributed by atoms with Crippen molar-refractivity contribution in [2.75, 3.05) is 13.7 Å². The largest absolute Gasteiger partial charge is 0.494 e. The number of nitrogens with one attached hydrogen (secondary N) is 1. The van der Waals surface area contributed by atoms with Gasteiger partial charge in [-0.1, -0.05) is 0 Å². The number of rotatable bonds is 1. The number of hydrogen-bond donors (Lipinski definition) is 1.